The SMILES string of the molecule is NCCC(=O)Nc1cccc(-c2cc(NC(=O)c3cccs3)nc(-c3ccccc3O)c2)c1. The van der Waals surface area contributed by atoms with E-state index in [1.54, 1.807) is 48.5 Å². The van der Waals surface area contributed by atoms with E-state index in [2.05, 4.69) is 15.6 Å². The number of hydrogen-bond acceptors (Lipinski definition) is 6. The molecule has 4 rings (SSSR count). The Labute approximate surface area is 194 Å². The standard InChI is InChI=1S/C25H22N4O3S/c26-11-10-24(31)27-18-6-3-5-16(13-18)17-14-20(19-7-1-2-8-21(19)30)28-23(15-17)29-25(32)22-9-4-12-33-22/h1-9,12-15,30H,10-11,26H2,(H,27,31)(H,28,29,32). The van der Waals surface area contributed by atoms with Gasteiger partial charge in [0.25, 0.3) is 5.91 Å². The Hall–Kier alpha value is -4.01. The fourth-order valence-electron chi connectivity index (χ4n) is 3.31. The number of nitrogens with two attached hydrogens (primary N) is 1. The summed E-state index contributed by atoms with van der Waals surface area (Å²) in [6.45, 7) is 0.271. The number of anilines is 2. The molecular weight excluding hydrogens is 436 g/mol. The Kier molecular flexibility index (Phi) is 6.77. The molecule has 166 valence electrons. The van der Waals surface area contributed by atoms with Crippen molar-refractivity contribution < 1.29 is 14.7 Å². The highest BCUT2D eigenvalue weighted by Gasteiger charge is 2.14. The Bertz CT molecular complexity index is 1290. The van der Waals surface area contributed by atoms with Crippen LogP contribution >= 0.6 is 11.3 Å². The van der Waals surface area contributed by atoms with Crippen LogP contribution < -0.4 is 16.4 Å². The zero-order chi connectivity index (χ0) is 23.2. The monoisotopic (exact) mass is 458 g/mol. The highest BCUT2D eigenvalue weighted by atomic mass is 32.1. The van der Waals surface area contributed by atoms with Crippen LogP contribution in [0.25, 0.3) is 22.4 Å². The molecule has 0 aliphatic rings. The molecule has 0 saturated carbocycles. The van der Waals surface area contributed by atoms with Gasteiger partial charge in [0, 0.05) is 24.2 Å². The Morgan fingerprint density at radius 3 is 2.55 bits per heavy atom. The van der Waals surface area contributed by atoms with Crippen molar-refractivity contribution in [1.29, 1.82) is 0 Å². The van der Waals surface area contributed by atoms with E-state index < -0.39 is 0 Å². The normalized spacial score (nSPS) is 10.6. The molecule has 0 spiro atoms. The van der Waals surface area contributed by atoms with Crippen LogP contribution in [0.4, 0.5) is 11.5 Å². The van der Waals surface area contributed by atoms with Gasteiger partial charge < -0.3 is 21.5 Å². The van der Waals surface area contributed by atoms with Crippen molar-refractivity contribution in [3.05, 3.63) is 83.1 Å². The number of hydrogen-bond donors (Lipinski definition) is 4. The van der Waals surface area contributed by atoms with Crippen LogP contribution in [0.1, 0.15) is 16.1 Å². The number of rotatable bonds is 7. The van der Waals surface area contributed by atoms with Gasteiger partial charge >= 0.3 is 0 Å². The average molecular weight is 459 g/mol. The second kappa shape index (κ2) is 10.1. The number of nitrogens with zero attached hydrogens (tertiary/aromatic N) is 1. The number of aromatic hydroxyl groups is 1. The molecule has 2 aromatic heterocycles. The lowest BCUT2D eigenvalue weighted by molar-refractivity contribution is -0.116. The molecule has 0 atom stereocenters. The molecule has 0 saturated heterocycles. The van der Waals surface area contributed by atoms with Crippen LogP contribution in [0.3, 0.4) is 0 Å². The van der Waals surface area contributed by atoms with Gasteiger partial charge in [-0.2, -0.15) is 0 Å². The highest BCUT2D eigenvalue weighted by Crippen LogP contribution is 2.33. The molecular formula is C25H22N4O3S. The van der Waals surface area contributed by atoms with E-state index in [1.165, 1.54) is 11.3 Å². The number of amides is 2. The third-order valence-electron chi connectivity index (χ3n) is 4.84. The minimum Gasteiger partial charge on any atom is -0.507 e. The van der Waals surface area contributed by atoms with E-state index in [-0.39, 0.29) is 30.5 Å². The summed E-state index contributed by atoms with van der Waals surface area (Å²) in [7, 11) is 0. The Morgan fingerprint density at radius 1 is 0.939 bits per heavy atom. The van der Waals surface area contributed by atoms with E-state index in [9.17, 15) is 14.7 Å². The van der Waals surface area contributed by atoms with Gasteiger partial charge in [-0.1, -0.05) is 30.3 Å². The molecule has 0 radical (unpaired) electrons. The van der Waals surface area contributed by atoms with Crippen LogP contribution in [0.2, 0.25) is 0 Å². The van der Waals surface area contributed by atoms with Crippen LogP contribution in [-0.2, 0) is 4.79 Å². The van der Waals surface area contributed by atoms with Crippen molar-refractivity contribution in [2.75, 3.05) is 17.2 Å². The van der Waals surface area contributed by atoms with Gasteiger partial charge in [-0.15, -0.1) is 11.3 Å². The van der Waals surface area contributed by atoms with Gasteiger partial charge in [0.2, 0.25) is 5.91 Å². The molecule has 2 heterocycles. The van der Waals surface area contributed by atoms with Crippen molar-refractivity contribution >= 4 is 34.7 Å². The quantitative estimate of drug-likeness (QED) is 0.320. The number of thiophene rings is 1. The number of phenols is 1. The van der Waals surface area contributed by atoms with Gasteiger partial charge in [-0.25, -0.2) is 4.98 Å². The van der Waals surface area contributed by atoms with Crippen molar-refractivity contribution in [3.8, 4) is 28.1 Å². The predicted octanol–water partition coefficient (Wildman–Crippen LogP) is 4.72. The molecule has 4 aromatic rings. The summed E-state index contributed by atoms with van der Waals surface area (Å²) in [5.74, 6) is 0.00561. The molecule has 2 amide bonds. The number of aromatic nitrogens is 1. The number of carbonyl (C=O) groups is 2. The van der Waals surface area contributed by atoms with E-state index in [0.29, 0.717) is 27.6 Å². The summed E-state index contributed by atoms with van der Waals surface area (Å²) in [4.78, 5) is 29.7. The molecule has 0 aliphatic heterocycles. The summed E-state index contributed by atoms with van der Waals surface area (Å²) >= 11 is 1.34. The fourth-order valence-corrected chi connectivity index (χ4v) is 3.93. The predicted molar refractivity (Wildman–Crippen MR) is 131 cm³/mol. The molecule has 7 nitrogen and oxygen atoms in total. The molecule has 5 N–H and O–H groups in total. The molecule has 0 unspecified atom stereocenters. The topological polar surface area (TPSA) is 117 Å². The first kappa shape index (κ1) is 22.2. The first-order valence-electron chi connectivity index (χ1n) is 10.3. The van der Waals surface area contributed by atoms with E-state index >= 15 is 0 Å². The van der Waals surface area contributed by atoms with Gasteiger partial charge in [-0.05, 0) is 59.0 Å². The lowest BCUT2D eigenvalue weighted by atomic mass is 10.0. The minimum atomic E-state index is -0.263. The van der Waals surface area contributed by atoms with Crippen molar-refractivity contribution in [1.82, 2.24) is 4.98 Å². The summed E-state index contributed by atoms with van der Waals surface area (Å²) < 4.78 is 0. The summed E-state index contributed by atoms with van der Waals surface area (Å²) in [5, 5.41) is 17.9. The molecule has 0 fully saturated rings. The third-order valence-corrected chi connectivity index (χ3v) is 5.71. The van der Waals surface area contributed by atoms with Crippen molar-refractivity contribution in [2.24, 2.45) is 5.73 Å². The molecule has 0 aliphatic carbocycles. The smallest absolute Gasteiger partial charge is 0.266 e. The van der Waals surface area contributed by atoms with Crippen LogP contribution in [0.15, 0.2) is 78.2 Å². The maximum absolute atomic E-state index is 12.6. The van der Waals surface area contributed by atoms with Crippen molar-refractivity contribution in [3.63, 3.8) is 0 Å². The first-order chi connectivity index (χ1) is 16.0. The van der Waals surface area contributed by atoms with Gasteiger partial charge in [-0.3, -0.25) is 9.59 Å². The fraction of sp³-hybridized carbons (Fsp3) is 0.0800. The molecule has 8 heteroatoms. The van der Waals surface area contributed by atoms with E-state index in [4.69, 9.17) is 5.73 Å². The lowest BCUT2D eigenvalue weighted by Gasteiger charge is -2.12. The maximum atomic E-state index is 12.6. The first-order valence-corrected chi connectivity index (χ1v) is 11.2. The average Bonchev–Trinajstić information content (AvgIpc) is 3.35. The van der Waals surface area contributed by atoms with Crippen LogP contribution in [0.5, 0.6) is 5.75 Å². The second-order valence-corrected chi connectivity index (χ2v) is 8.19. The number of benzene rings is 2. The minimum absolute atomic E-state index is 0.0838. The molecule has 2 aromatic carbocycles. The van der Waals surface area contributed by atoms with Gasteiger partial charge in [0.15, 0.2) is 0 Å². The van der Waals surface area contributed by atoms with Gasteiger partial charge in [0.05, 0.1) is 10.6 Å². The number of para-hydroxylation sites is 1. The van der Waals surface area contributed by atoms with E-state index in [1.807, 2.05) is 29.6 Å². The Morgan fingerprint density at radius 2 is 1.79 bits per heavy atom. The second-order valence-electron chi connectivity index (χ2n) is 7.24. The maximum Gasteiger partial charge on any atom is 0.266 e. The summed E-state index contributed by atoms with van der Waals surface area (Å²) in [6.07, 6.45) is 0.232. The zero-order valence-electron chi connectivity index (χ0n) is 17.6. The third kappa shape index (κ3) is 5.43. The summed E-state index contributed by atoms with van der Waals surface area (Å²) in [5.41, 5.74) is 8.71. The Balaban J connectivity index is 1.74. The summed E-state index contributed by atoms with van der Waals surface area (Å²) in [6, 6.07) is 21.4. The zero-order valence-corrected chi connectivity index (χ0v) is 18.4. The lowest BCUT2D eigenvalue weighted by Crippen LogP contribution is -2.16. The largest absolute Gasteiger partial charge is 0.507 e. The highest BCUT2D eigenvalue weighted by molar-refractivity contribution is 7.12. The van der Waals surface area contributed by atoms with Crippen LogP contribution in [0, 0.1) is 0 Å². The number of carbonyl (C=O) groups excluding carboxylic acids is 2. The number of phenolic OH excluding ortho intramolecular Hbond substituents is 1. The molecule has 33 heavy (non-hydrogen) atoms. The number of nitrogens with one attached hydrogen (secondary N) is 2. The van der Waals surface area contributed by atoms with Crippen molar-refractivity contribution in [2.45, 2.75) is 6.42 Å². The van der Waals surface area contributed by atoms with Crippen LogP contribution in [-0.4, -0.2) is 28.4 Å². The van der Waals surface area contributed by atoms with Gasteiger partial charge in [0.1, 0.15) is 11.6 Å². The molecule has 0 bridgehead atoms. The van der Waals surface area contributed by atoms with E-state index in [0.717, 1.165) is 11.1 Å². The number of pyridine rings is 1.